The SMILES string of the molecule is C=C/C=C(\C=C/C)N1CCN(C=O)C(C)(C2\C(C)=C/C=N\C(c3ccc(C)cc3)=C/C(C(C)(C)C)=C/2C)C1.CC.CC. The molecule has 4 heteroatoms. The molecule has 2 aliphatic heterocycles. The minimum Gasteiger partial charge on any atom is -0.367 e. The molecule has 1 aromatic rings. The average Bonchev–Trinajstić information content (AvgIpc) is 3.02. The predicted octanol–water partition coefficient (Wildman–Crippen LogP) is 9.58. The highest BCUT2D eigenvalue weighted by Gasteiger charge is 2.46. The quantitative estimate of drug-likeness (QED) is 0.252. The number of hydrogen-bond donors (Lipinski definition) is 0. The van der Waals surface area contributed by atoms with Crippen molar-refractivity contribution in [2.45, 2.75) is 88.6 Å². The lowest BCUT2D eigenvalue weighted by atomic mass is 9.69. The number of rotatable bonds is 6. The number of aliphatic imine (C=N–C) groups is 1. The number of aryl methyl sites for hydroxylation is 1. The van der Waals surface area contributed by atoms with E-state index >= 15 is 0 Å². The van der Waals surface area contributed by atoms with Crippen molar-refractivity contribution < 1.29 is 4.79 Å². The molecule has 1 fully saturated rings. The van der Waals surface area contributed by atoms with Gasteiger partial charge in [0.25, 0.3) is 0 Å². The van der Waals surface area contributed by atoms with Gasteiger partial charge in [-0.15, -0.1) is 0 Å². The fourth-order valence-electron chi connectivity index (χ4n) is 6.01. The van der Waals surface area contributed by atoms with Crippen molar-refractivity contribution in [3.63, 3.8) is 0 Å². The van der Waals surface area contributed by atoms with Gasteiger partial charge in [-0.25, -0.2) is 0 Å². The molecule has 0 bridgehead atoms. The van der Waals surface area contributed by atoms with Gasteiger partial charge in [0.15, 0.2) is 0 Å². The third-order valence-electron chi connectivity index (χ3n) is 7.82. The number of hydrogen-bond acceptors (Lipinski definition) is 3. The molecule has 0 radical (unpaired) electrons. The van der Waals surface area contributed by atoms with Gasteiger partial charge in [0, 0.05) is 43.0 Å². The Kier molecular flexibility index (Phi) is 14.7. The van der Waals surface area contributed by atoms with Gasteiger partial charge in [-0.05, 0) is 69.9 Å². The van der Waals surface area contributed by atoms with Crippen LogP contribution in [0.2, 0.25) is 0 Å². The molecule has 1 amide bonds. The first-order valence-electron chi connectivity index (χ1n) is 15.6. The average molecular weight is 572 g/mol. The van der Waals surface area contributed by atoms with Crippen molar-refractivity contribution >= 4 is 18.3 Å². The Morgan fingerprint density at radius 2 is 1.67 bits per heavy atom. The molecule has 0 aromatic heterocycles. The molecule has 1 saturated heterocycles. The summed E-state index contributed by atoms with van der Waals surface area (Å²) in [5, 5.41) is 0. The number of carbonyl (C=O) groups excluding carboxylic acids is 1. The van der Waals surface area contributed by atoms with E-state index in [0.717, 1.165) is 29.9 Å². The topological polar surface area (TPSA) is 35.9 Å². The normalized spacial score (nSPS) is 26.6. The van der Waals surface area contributed by atoms with E-state index in [0.29, 0.717) is 13.1 Å². The third-order valence-corrected chi connectivity index (χ3v) is 7.82. The van der Waals surface area contributed by atoms with Crippen molar-refractivity contribution in [3.8, 4) is 0 Å². The van der Waals surface area contributed by atoms with Gasteiger partial charge in [0.1, 0.15) is 0 Å². The molecule has 0 aliphatic carbocycles. The molecule has 1 aromatic carbocycles. The molecule has 0 saturated carbocycles. The van der Waals surface area contributed by atoms with Gasteiger partial charge < -0.3 is 9.80 Å². The van der Waals surface area contributed by atoms with Crippen LogP contribution in [0.5, 0.6) is 0 Å². The molecule has 2 atom stereocenters. The van der Waals surface area contributed by atoms with Gasteiger partial charge in [0.2, 0.25) is 6.41 Å². The zero-order valence-electron chi connectivity index (χ0n) is 28.6. The van der Waals surface area contributed by atoms with Crippen LogP contribution >= 0.6 is 0 Å². The maximum Gasteiger partial charge on any atom is 0.210 e. The van der Waals surface area contributed by atoms with E-state index in [1.165, 1.54) is 22.3 Å². The Balaban J connectivity index is 0.00000211. The monoisotopic (exact) mass is 571 g/mol. The standard InChI is InChI=1S/C34H45N3O.2C2H6/c1-10-12-29(13-11-2)36-20-21-37(24-38)34(9,23-36)32-26(4)18-19-35-31(28-16-14-25(3)15-17-28)22-30(27(32)5)33(6,7)8;2*1-2/h10-19,22,24,32H,1,20-21,23H2,2-9H3;2*1-2H3/b13-11-,26-18-,29-12+,30-27-,31-22-,35-19-;;. The minimum atomic E-state index is -0.459. The van der Waals surface area contributed by atoms with Crippen molar-refractivity contribution in [2.75, 3.05) is 19.6 Å². The molecular formula is C38H57N3O. The van der Waals surface area contributed by atoms with Crippen LogP contribution in [0.4, 0.5) is 0 Å². The van der Waals surface area contributed by atoms with Gasteiger partial charge >= 0.3 is 0 Å². The molecule has 0 spiro atoms. The summed E-state index contributed by atoms with van der Waals surface area (Å²) in [6.07, 6.45) is 15.4. The summed E-state index contributed by atoms with van der Waals surface area (Å²) >= 11 is 0. The second-order valence-electron chi connectivity index (χ2n) is 11.8. The molecule has 4 nitrogen and oxygen atoms in total. The number of benzene rings is 1. The molecular weight excluding hydrogens is 514 g/mol. The van der Waals surface area contributed by atoms with Crippen LogP contribution in [-0.4, -0.2) is 47.6 Å². The lowest BCUT2D eigenvalue weighted by Crippen LogP contribution is -2.63. The predicted molar refractivity (Wildman–Crippen MR) is 186 cm³/mol. The van der Waals surface area contributed by atoms with Crippen molar-refractivity contribution in [1.82, 2.24) is 9.80 Å². The summed E-state index contributed by atoms with van der Waals surface area (Å²) in [5.74, 6) is 0.0142. The van der Waals surface area contributed by atoms with E-state index in [1.807, 2.05) is 51.8 Å². The first-order chi connectivity index (χ1) is 20.0. The van der Waals surface area contributed by atoms with E-state index in [9.17, 15) is 4.79 Å². The molecule has 2 unspecified atom stereocenters. The summed E-state index contributed by atoms with van der Waals surface area (Å²) in [4.78, 5) is 21.8. The van der Waals surface area contributed by atoms with E-state index in [1.54, 1.807) is 0 Å². The Hall–Kier alpha value is -3.40. The fraction of sp³-hybridized carbons (Fsp3) is 0.474. The van der Waals surface area contributed by atoms with E-state index in [2.05, 4.69) is 115 Å². The van der Waals surface area contributed by atoms with Crippen LogP contribution in [0, 0.1) is 18.3 Å². The molecule has 230 valence electrons. The zero-order valence-corrected chi connectivity index (χ0v) is 28.6. The van der Waals surface area contributed by atoms with Gasteiger partial charge in [-0.3, -0.25) is 9.79 Å². The maximum atomic E-state index is 12.5. The first kappa shape index (κ1) is 36.6. The zero-order chi connectivity index (χ0) is 32.1. The Morgan fingerprint density at radius 1 is 1.05 bits per heavy atom. The Labute approximate surface area is 258 Å². The van der Waals surface area contributed by atoms with E-state index < -0.39 is 5.54 Å². The fourth-order valence-corrected chi connectivity index (χ4v) is 6.01. The number of piperazine rings is 1. The number of allylic oxidation sites excluding steroid dienone is 7. The third kappa shape index (κ3) is 8.80. The molecule has 2 heterocycles. The second-order valence-corrected chi connectivity index (χ2v) is 11.8. The van der Waals surface area contributed by atoms with Gasteiger partial charge in [-0.1, -0.05) is 108 Å². The number of nitrogens with zero attached hydrogens (tertiary/aromatic N) is 3. The highest BCUT2D eigenvalue weighted by molar-refractivity contribution is 5.82. The summed E-state index contributed by atoms with van der Waals surface area (Å²) < 4.78 is 0. The molecule has 2 aliphatic rings. The smallest absolute Gasteiger partial charge is 0.210 e. The van der Waals surface area contributed by atoms with Crippen molar-refractivity contribution in [1.29, 1.82) is 0 Å². The van der Waals surface area contributed by atoms with Crippen LogP contribution in [0.25, 0.3) is 5.70 Å². The Bertz CT molecular complexity index is 1220. The first-order valence-corrected chi connectivity index (χ1v) is 15.6. The summed E-state index contributed by atoms with van der Waals surface area (Å²) in [6, 6.07) is 8.55. The largest absolute Gasteiger partial charge is 0.367 e. The van der Waals surface area contributed by atoms with Gasteiger partial charge in [-0.2, -0.15) is 0 Å². The van der Waals surface area contributed by atoms with Crippen LogP contribution in [0.3, 0.4) is 0 Å². The molecule has 42 heavy (non-hydrogen) atoms. The molecule has 0 N–H and O–H groups in total. The molecule has 3 rings (SSSR count). The van der Waals surface area contributed by atoms with Gasteiger partial charge in [0.05, 0.1) is 11.2 Å². The second kappa shape index (κ2) is 16.9. The van der Waals surface area contributed by atoms with Crippen LogP contribution < -0.4 is 0 Å². The Morgan fingerprint density at radius 3 is 2.19 bits per heavy atom. The highest BCUT2D eigenvalue weighted by Crippen LogP contribution is 2.44. The van der Waals surface area contributed by atoms with E-state index in [4.69, 9.17) is 4.99 Å². The summed E-state index contributed by atoms with van der Waals surface area (Å²) in [6.45, 7) is 31.7. The maximum absolute atomic E-state index is 12.5. The highest BCUT2D eigenvalue weighted by atomic mass is 16.1. The van der Waals surface area contributed by atoms with Crippen LogP contribution in [0.15, 0.2) is 94.7 Å². The van der Waals surface area contributed by atoms with Crippen LogP contribution in [0.1, 0.15) is 87.3 Å². The minimum absolute atomic E-state index is 0.0142. The number of carbonyl (C=O) groups is 1. The lowest BCUT2D eigenvalue weighted by Gasteiger charge is -2.53. The van der Waals surface area contributed by atoms with E-state index in [-0.39, 0.29) is 11.3 Å². The van der Waals surface area contributed by atoms with Crippen molar-refractivity contribution in [2.24, 2.45) is 16.3 Å². The summed E-state index contributed by atoms with van der Waals surface area (Å²) in [5.41, 5.74) is 7.54. The van der Waals surface area contributed by atoms with Crippen LogP contribution in [-0.2, 0) is 4.79 Å². The lowest BCUT2D eigenvalue weighted by molar-refractivity contribution is -0.128. The number of amides is 1. The summed E-state index contributed by atoms with van der Waals surface area (Å²) in [7, 11) is 0. The van der Waals surface area contributed by atoms with Crippen molar-refractivity contribution in [3.05, 3.63) is 101 Å².